The average Bonchev–Trinajstić information content (AvgIpc) is 2.35. The lowest BCUT2D eigenvalue weighted by Gasteiger charge is -2.34. The van der Waals surface area contributed by atoms with Crippen molar-refractivity contribution in [1.82, 2.24) is 9.80 Å². The Balaban J connectivity index is 2.52. The largest absolute Gasteiger partial charge is 0.480 e. The number of carboxylic acids is 1. The number of piperidine rings is 1. The zero-order valence-corrected chi connectivity index (χ0v) is 10.5. The Bertz CT molecular complexity index is 337. The zero-order chi connectivity index (χ0) is 13.7. The number of nitrogens with two attached hydrogens (primary N) is 1. The first-order valence-corrected chi connectivity index (χ1v) is 6.00. The van der Waals surface area contributed by atoms with E-state index in [0.29, 0.717) is 32.5 Å². The van der Waals surface area contributed by atoms with Gasteiger partial charge in [-0.15, -0.1) is 0 Å². The second-order valence-electron chi connectivity index (χ2n) is 4.35. The standard InChI is InChI=1S/C11H19N3O4/c1-2-13(7-9(15)16)11(18)14-5-3-8(4-6-14)10(12)17/h8H,2-7H2,1H3,(H2,12,17)(H,15,16). The molecule has 0 aromatic carbocycles. The van der Waals surface area contributed by atoms with Crippen molar-refractivity contribution in [3.8, 4) is 0 Å². The average molecular weight is 257 g/mol. The summed E-state index contributed by atoms with van der Waals surface area (Å²) in [5.74, 6) is -1.54. The molecule has 1 saturated heterocycles. The van der Waals surface area contributed by atoms with Crippen molar-refractivity contribution in [2.24, 2.45) is 11.7 Å². The van der Waals surface area contributed by atoms with Gasteiger partial charge in [-0.25, -0.2) is 4.79 Å². The molecule has 1 rings (SSSR count). The SMILES string of the molecule is CCN(CC(=O)O)C(=O)N1CCC(C(N)=O)CC1. The van der Waals surface area contributed by atoms with Crippen molar-refractivity contribution < 1.29 is 19.5 Å². The molecule has 1 aliphatic heterocycles. The second-order valence-corrected chi connectivity index (χ2v) is 4.35. The van der Waals surface area contributed by atoms with Crippen LogP contribution in [0, 0.1) is 5.92 Å². The van der Waals surface area contributed by atoms with Crippen LogP contribution in [-0.2, 0) is 9.59 Å². The Kier molecular flexibility index (Phi) is 4.94. The molecule has 3 N–H and O–H groups in total. The Morgan fingerprint density at radius 2 is 1.89 bits per heavy atom. The third-order valence-corrected chi connectivity index (χ3v) is 3.15. The fraction of sp³-hybridized carbons (Fsp3) is 0.727. The molecule has 0 aromatic rings. The molecular weight excluding hydrogens is 238 g/mol. The number of rotatable bonds is 4. The highest BCUT2D eigenvalue weighted by molar-refractivity contribution is 5.81. The van der Waals surface area contributed by atoms with Gasteiger partial charge in [0.05, 0.1) is 0 Å². The van der Waals surface area contributed by atoms with Gasteiger partial charge in [-0.05, 0) is 19.8 Å². The van der Waals surface area contributed by atoms with E-state index < -0.39 is 5.97 Å². The summed E-state index contributed by atoms with van der Waals surface area (Å²) >= 11 is 0. The minimum absolute atomic E-state index is 0.177. The molecule has 0 atom stereocenters. The van der Waals surface area contributed by atoms with Crippen LogP contribution in [0.2, 0.25) is 0 Å². The van der Waals surface area contributed by atoms with E-state index in [4.69, 9.17) is 10.8 Å². The molecule has 0 saturated carbocycles. The monoisotopic (exact) mass is 257 g/mol. The van der Waals surface area contributed by atoms with Gasteiger partial charge in [-0.2, -0.15) is 0 Å². The molecule has 0 aliphatic carbocycles. The van der Waals surface area contributed by atoms with Gasteiger partial charge in [0, 0.05) is 25.6 Å². The number of urea groups is 1. The van der Waals surface area contributed by atoms with Crippen LogP contribution >= 0.6 is 0 Å². The number of likely N-dealkylation sites (N-methyl/N-ethyl adjacent to an activating group) is 1. The molecule has 0 bridgehead atoms. The Labute approximate surface area is 106 Å². The highest BCUT2D eigenvalue weighted by Crippen LogP contribution is 2.17. The molecule has 18 heavy (non-hydrogen) atoms. The quantitative estimate of drug-likeness (QED) is 0.722. The summed E-state index contributed by atoms with van der Waals surface area (Å²) < 4.78 is 0. The lowest BCUT2D eigenvalue weighted by atomic mass is 9.96. The number of hydrogen-bond donors (Lipinski definition) is 2. The molecule has 0 spiro atoms. The number of carbonyl (C=O) groups is 3. The van der Waals surface area contributed by atoms with Gasteiger partial charge >= 0.3 is 12.0 Å². The molecule has 0 unspecified atom stereocenters. The number of likely N-dealkylation sites (tertiary alicyclic amines) is 1. The van der Waals surface area contributed by atoms with Crippen molar-refractivity contribution >= 4 is 17.9 Å². The van der Waals surface area contributed by atoms with Crippen molar-refractivity contribution in [3.05, 3.63) is 0 Å². The number of aliphatic carboxylic acids is 1. The Morgan fingerprint density at radius 1 is 1.33 bits per heavy atom. The van der Waals surface area contributed by atoms with Crippen LogP contribution < -0.4 is 5.73 Å². The van der Waals surface area contributed by atoms with Crippen molar-refractivity contribution in [1.29, 1.82) is 0 Å². The predicted octanol–water partition coefficient (Wildman–Crippen LogP) is -0.290. The minimum atomic E-state index is -1.03. The van der Waals surface area contributed by atoms with Crippen LogP contribution in [0.15, 0.2) is 0 Å². The van der Waals surface area contributed by atoms with Crippen LogP contribution in [0.4, 0.5) is 4.79 Å². The first-order valence-electron chi connectivity index (χ1n) is 6.00. The topological polar surface area (TPSA) is 104 Å². The normalized spacial score (nSPS) is 16.4. The first-order chi connectivity index (χ1) is 8.45. The predicted molar refractivity (Wildman–Crippen MR) is 63.8 cm³/mol. The maximum atomic E-state index is 12.0. The third-order valence-electron chi connectivity index (χ3n) is 3.15. The number of hydrogen-bond acceptors (Lipinski definition) is 3. The van der Waals surface area contributed by atoms with E-state index in [-0.39, 0.29) is 24.4 Å². The van der Waals surface area contributed by atoms with Crippen LogP contribution in [0.1, 0.15) is 19.8 Å². The van der Waals surface area contributed by atoms with Gasteiger partial charge in [0.15, 0.2) is 0 Å². The lowest BCUT2D eigenvalue weighted by Crippen LogP contribution is -2.49. The molecule has 1 aliphatic rings. The van der Waals surface area contributed by atoms with E-state index in [1.54, 1.807) is 11.8 Å². The third kappa shape index (κ3) is 3.61. The smallest absolute Gasteiger partial charge is 0.323 e. The van der Waals surface area contributed by atoms with Crippen LogP contribution in [0.5, 0.6) is 0 Å². The minimum Gasteiger partial charge on any atom is -0.480 e. The Hall–Kier alpha value is -1.79. The van der Waals surface area contributed by atoms with E-state index in [1.165, 1.54) is 4.90 Å². The second kappa shape index (κ2) is 6.23. The molecule has 7 nitrogen and oxygen atoms in total. The number of carbonyl (C=O) groups excluding carboxylic acids is 2. The van der Waals surface area contributed by atoms with Crippen molar-refractivity contribution in [2.75, 3.05) is 26.2 Å². The number of primary amides is 1. The first kappa shape index (κ1) is 14.3. The van der Waals surface area contributed by atoms with Crippen LogP contribution in [0.3, 0.4) is 0 Å². The van der Waals surface area contributed by atoms with Gasteiger partial charge in [0.2, 0.25) is 5.91 Å². The maximum Gasteiger partial charge on any atom is 0.323 e. The molecule has 7 heteroatoms. The summed E-state index contributed by atoms with van der Waals surface area (Å²) in [6.07, 6.45) is 1.09. The van der Waals surface area contributed by atoms with Gasteiger partial charge in [0.1, 0.15) is 6.54 Å². The summed E-state index contributed by atoms with van der Waals surface area (Å²) in [7, 11) is 0. The Morgan fingerprint density at radius 3 is 2.28 bits per heavy atom. The van der Waals surface area contributed by atoms with Gasteiger partial charge in [-0.1, -0.05) is 0 Å². The summed E-state index contributed by atoms with van der Waals surface area (Å²) in [5, 5.41) is 8.70. The summed E-state index contributed by atoms with van der Waals surface area (Å²) in [6.45, 7) is 2.67. The number of nitrogens with zero attached hydrogens (tertiary/aromatic N) is 2. The highest BCUT2D eigenvalue weighted by Gasteiger charge is 2.28. The lowest BCUT2D eigenvalue weighted by molar-refractivity contribution is -0.137. The van der Waals surface area contributed by atoms with Crippen LogP contribution in [-0.4, -0.2) is 59.0 Å². The van der Waals surface area contributed by atoms with Crippen molar-refractivity contribution in [2.45, 2.75) is 19.8 Å². The summed E-state index contributed by atoms with van der Waals surface area (Å²) in [6, 6.07) is -0.289. The van der Waals surface area contributed by atoms with Gasteiger partial charge < -0.3 is 20.6 Å². The molecular formula is C11H19N3O4. The van der Waals surface area contributed by atoms with Crippen LogP contribution in [0.25, 0.3) is 0 Å². The van der Waals surface area contributed by atoms with Crippen molar-refractivity contribution in [3.63, 3.8) is 0 Å². The molecule has 102 valence electrons. The molecule has 3 amide bonds. The van der Waals surface area contributed by atoms with E-state index >= 15 is 0 Å². The zero-order valence-electron chi connectivity index (χ0n) is 10.5. The number of amides is 3. The highest BCUT2D eigenvalue weighted by atomic mass is 16.4. The molecule has 0 aromatic heterocycles. The summed E-state index contributed by atoms with van der Waals surface area (Å²) in [4.78, 5) is 36.5. The molecule has 1 heterocycles. The molecule has 0 radical (unpaired) electrons. The van der Waals surface area contributed by atoms with Gasteiger partial charge in [0.25, 0.3) is 0 Å². The molecule has 1 fully saturated rings. The number of carboxylic acid groups (broad SMARTS) is 1. The van der Waals surface area contributed by atoms with E-state index in [0.717, 1.165) is 0 Å². The van der Waals surface area contributed by atoms with Gasteiger partial charge in [-0.3, -0.25) is 9.59 Å². The fourth-order valence-corrected chi connectivity index (χ4v) is 2.03. The fourth-order valence-electron chi connectivity index (χ4n) is 2.03. The maximum absolute atomic E-state index is 12.0. The summed E-state index contributed by atoms with van der Waals surface area (Å²) in [5.41, 5.74) is 5.21. The van der Waals surface area contributed by atoms with E-state index in [9.17, 15) is 14.4 Å². The van der Waals surface area contributed by atoms with E-state index in [1.807, 2.05) is 0 Å². The van der Waals surface area contributed by atoms with E-state index in [2.05, 4.69) is 0 Å².